The first-order valence-corrected chi connectivity index (χ1v) is 12.2. The fraction of sp³-hybridized carbons (Fsp3) is 0.318. The monoisotopic (exact) mass is 474 g/mol. The molecule has 0 spiro atoms. The molecule has 1 aromatic heterocycles. The van der Waals surface area contributed by atoms with E-state index in [1.54, 1.807) is 41.3 Å². The summed E-state index contributed by atoms with van der Waals surface area (Å²) < 4.78 is 31.4. The Hall–Kier alpha value is -2.91. The van der Waals surface area contributed by atoms with Crippen molar-refractivity contribution < 1.29 is 17.6 Å². The van der Waals surface area contributed by atoms with Gasteiger partial charge in [0.15, 0.2) is 0 Å². The van der Waals surface area contributed by atoms with Gasteiger partial charge in [0.2, 0.25) is 21.8 Å². The molecule has 1 aliphatic heterocycles. The minimum absolute atomic E-state index is 0.128. The minimum atomic E-state index is -3.27. The molecule has 10 heteroatoms. The second-order valence-electron chi connectivity index (χ2n) is 7.80. The third-order valence-corrected chi connectivity index (χ3v) is 7.46. The molecule has 0 bridgehead atoms. The number of anilines is 1. The van der Waals surface area contributed by atoms with E-state index in [1.165, 1.54) is 4.31 Å². The van der Waals surface area contributed by atoms with Crippen LogP contribution in [0.5, 0.6) is 0 Å². The van der Waals surface area contributed by atoms with Crippen molar-refractivity contribution in [3.63, 3.8) is 0 Å². The molecule has 4 rings (SSSR count). The van der Waals surface area contributed by atoms with E-state index >= 15 is 0 Å². The van der Waals surface area contributed by atoms with Gasteiger partial charge in [-0.25, -0.2) is 8.42 Å². The Kier molecular flexibility index (Phi) is 6.21. The van der Waals surface area contributed by atoms with Crippen molar-refractivity contribution in [2.75, 3.05) is 16.6 Å². The van der Waals surface area contributed by atoms with Crippen molar-refractivity contribution in [2.24, 2.45) is 0 Å². The molecule has 0 atom stereocenters. The van der Waals surface area contributed by atoms with Crippen LogP contribution in [0.2, 0.25) is 5.02 Å². The molecule has 168 valence electrons. The Morgan fingerprint density at radius 1 is 1.16 bits per heavy atom. The van der Waals surface area contributed by atoms with E-state index in [2.05, 4.69) is 10.2 Å². The van der Waals surface area contributed by atoms with Gasteiger partial charge < -0.3 is 9.32 Å². The lowest BCUT2D eigenvalue weighted by atomic mass is 10.1. The average molecular weight is 475 g/mol. The van der Waals surface area contributed by atoms with Gasteiger partial charge >= 0.3 is 0 Å². The summed E-state index contributed by atoms with van der Waals surface area (Å²) in [5.74, 6) is 0.517. The zero-order valence-electron chi connectivity index (χ0n) is 17.7. The number of aromatic nitrogens is 2. The van der Waals surface area contributed by atoms with Crippen LogP contribution >= 0.6 is 11.6 Å². The van der Waals surface area contributed by atoms with Crippen LogP contribution in [0.1, 0.15) is 36.5 Å². The molecule has 0 radical (unpaired) electrons. The molecule has 2 heterocycles. The van der Waals surface area contributed by atoms with E-state index < -0.39 is 10.0 Å². The molecule has 1 saturated heterocycles. The number of nitrogens with zero attached hydrogens (tertiary/aromatic N) is 4. The molecular weight excluding hydrogens is 452 g/mol. The summed E-state index contributed by atoms with van der Waals surface area (Å²) in [7, 11) is -3.27. The highest BCUT2D eigenvalue weighted by Crippen LogP contribution is 2.27. The van der Waals surface area contributed by atoms with Crippen molar-refractivity contribution >= 4 is 33.2 Å². The van der Waals surface area contributed by atoms with Crippen LogP contribution in [0.4, 0.5) is 5.69 Å². The van der Waals surface area contributed by atoms with Gasteiger partial charge in [-0.2, -0.15) is 0 Å². The largest absolute Gasteiger partial charge is 0.419 e. The molecule has 0 aliphatic carbocycles. The van der Waals surface area contributed by atoms with Gasteiger partial charge in [-0.1, -0.05) is 23.7 Å². The van der Waals surface area contributed by atoms with Crippen LogP contribution in [-0.2, 0) is 16.6 Å². The molecule has 8 nitrogen and oxygen atoms in total. The third kappa shape index (κ3) is 4.49. The number of sulfonamides is 1. The summed E-state index contributed by atoms with van der Waals surface area (Å²) in [6.07, 6.45) is 0.602. The second kappa shape index (κ2) is 8.91. The fourth-order valence-electron chi connectivity index (χ4n) is 3.56. The lowest BCUT2D eigenvalue weighted by Crippen LogP contribution is -2.36. The van der Waals surface area contributed by atoms with E-state index in [1.807, 2.05) is 26.0 Å². The highest BCUT2D eigenvalue weighted by Gasteiger charge is 2.29. The summed E-state index contributed by atoms with van der Waals surface area (Å²) in [6.45, 7) is 4.39. The minimum Gasteiger partial charge on any atom is -0.419 e. The molecule has 0 saturated carbocycles. The van der Waals surface area contributed by atoms with E-state index in [0.717, 1.165) is 0 Å². The lowest BCUT2D eigenvalue weighted by Gasteiger charge is -2.25. The maximum Gasteiger partial charge on any atom is 0.254 e. The van der Waals surface area contributed by atoms with Gasteiger partial charge in [0, 0.05) is 18.2 Å². The van der Waals surface area contributed by atoms with E-state index in [0.29, 0.717) is 40.7 Å². The second-order valence-corrected chi connectivity index (χ2v) is 10.2. The quantitative estimate of drug-likeness (QED) is 0.536. The Bertz CT molecular complexity index is 1220. The van der Waals surface area contributed by atoms with Gasteiger partial charge in [-0.3, -0.25) is 9.10 Å². The summed E-state index contributed by atoms with van der Waals surface area (Å²) >= 11 is 6.20. The van der Waals surface area contributed by atoms with Crippen LogP contribution in [0.3, 0.4) is 0 Å². The number of amides is 1. The van der Waals surface area contributed by atoms with Crippen molar-refractivity contribution in [3.05, 3.63) is 65.0 Å². The topological polar surface area (TPSA) is 96.6 Å². The molecule has 32 heavy (non-hydrogen) atoms. The predicted octanol–water partition coefficient (Wildman–Crippen LogP) is 3.98. The SMILES string of the molecule is CC(C)N(Cc1nnc(-c2ccccc2Cl)o1)C(=O)c1ccc(N2CCCS2(=O)=O)cc1. The number of halogens is 1. The number of carbonyl (C=O) groups excluding carboxylic acids is 1. The summed E-state index contributed by atoms with van der Waals surface area (Å²) in [6, 6.07) is 13.6. The van der Waals surface area contributed by atoms with E-state index in [9.17, 15) is 13.2 Å². The fourth-order valence-corrected chi connectivity index (χ4v) is 5.34. The molecular formula is C22H23ClN4O4S. The maximum atomic E-state index is 13.2. The third-order valence-electron chi connectivity index (χ3n) is 5.26. The van der Waals surface area contributed by atoms with Crippen LogP contribution in [0, 0.1) is 0 Å². The summed E-state index contributed by atoms with van der Waals surface area (Å²) in [5.41, 5.74) is 1.64. The first-order chi connectivity index (χ1) is 15.3. The van der Waals surface area contributed by atoms with Crippen LogP contribution < -0.4 is 4.31 Å². The molecule has 1 amide bonds. The average Bonchev–Trinajstić information content (AvgIpc) is 3.37. The van der Waals surface area contributed by atoms with Crippen LogP contribution in [-0.4, -0.2) is 47.8 Å². The standard InChI is InChI=1S/C22H23ClN4O4S/c1-15(2)26(14-20-24-25-21(31-20)18-6-3-4-7-19(18)23)22(28)16-8-10-17(11-9-16)27-12-5-13-32(27,29)30/h3-4,6-11,15H,5,12-14H2,1-2H3. The predicted molar refractivity (Wildman–Crippen MR) is 122 cm³/mol. The molecule has 0 unspecified atom stereocenters. The molecule has 3 aromatic rings. The Balaban J connectivity index is 1.52. The molecule has 2 aromatic carbocycles. The van der Waals surface area contributed by atoms with Crippen molar-refractivity contribution in [1.82, 2.24) is 15.1 Å². The highest BCUT2D eigenvalue weighted by atomic mass is 35.5. The Morgan fingerprint density at radius 2 is 1.88 bits per heavy atom. The highest BCUT2D eigenvalue weighted by molar-refractivity contribution is 7.93. The van der Waals surface area contributed by atoms with Crippen molar-refractivity contribution in [1.29, 1.82) is 0 Å². The normalized spacial score (nSPS) is 15.3. The maximum absolute atomic E-state index is 13.2. The lowest BCUT2D eigenvalue weighted by molar-refractivity contribution is 0.0672. The van der Waals surface area contributed by atoms with Crippen molar-refractivity contribution in [2.45, 2.75) is 32.9 Å². The Morgan fingerprint density at radius 3 is 2.50 bits per heavy atom. The number of benzene rings is 2. The molecule has 1 aliphatic rings. The number of carbonyl (C=O) groups is 1. The van der Waals surface area contributed by atoms with Gasteiger partial charge in [0.25, 0.3) is 5.91 Å². The van der Waals surface area contributed by atoms with Gasteiger partial charge in [-0.05, 0) is 56.7 Å². The molecule has 0 N–H and O–H groups in total. The number of hydrogen-bond donors (Lipinski definition) is 0. The van der Waals surface area contributed by atoms with Gasteiger partial charge in [0.05, 0.1) is 28.6 Å². The first-order valence-electron chi connectivity index (χ1n) is 10.2. The zero-order chi connectivity index (χ0) is 22.9. The van der Waals surface area contributed by atoms with Gasteiger partial charge in [-0.15, -0.1) is 10.2 Å². The van der Waals surface area contributed by atoms with E-state index in [-0.39, 0.29) is 30.1 Å². The smallest absolute Gasteiger partial charge is 0.254 e. The molecule has 1 fully saturated rings. The van der Waals surface area contributed by atoms with Crippen molar-refractivity contribution in [3.8, 4) is 11.5 Å². The number of rotatable bonds is 6. The van der Waals surface area contributed by atoms with Crippen LogP contribution in [0.25, 0.3) is 11.5 Å². The Labute approximate surface area is 191 Å². The van der Waals surface area contributed by atoms with Gasteiger partial charge in [0.1, 0.15) is 0 Å². The summed E-state index contributed by atoms with van der Waals surface area (Å²) in [4.78, 5) is 14.8. The number of hydrogen-bond acceptors (Lipinski definition) is 6. The summed E-state index contributed by atoms with van der Waals surface area (Å²) in [5, 5.41) is 8.63. The van der Waals surface area contributed by atoms with Crippen LogP contribution in [0.15, 0.2) is 52.9 Å². The zero-order valence-corrected chi connectivity index (χ0v) is 19.3. The first kappa shape index (κ1) is 22.3. The van der Waals surface area contributed by atoms with E-state index in [4.69, 9.17) is 16.0 Å².